The molecule has 3 unspecified atom stereocenters. The smallest absolute Gasteiger partial charge is 0.356 e. The van der Waals surface area contributed by atoms with E-state index in [2.05, 4.69) is 20.5 Å². The number of alkyl halides is 3. The Morgan fingerprint density at radius 3 is 2.31 bits per heavy atom. The number of rotatable bonds is 3. The summed E-state index contributed by atoms with van der Waals surface area (Å²) < 4.78 is 41.0. The molecule has 0 bridgehead atoms. The van der Waals surface area contributed by atoms with Crippen LogP contribution in [-0.4, -0.2) is 93.2 Å². The Kier molecular flexibility index (Phi) is 5.70. The van der Waals surface area contributed by atoms with E-state index in [0.29, 0.717) is 43.3 Å². The number of fused-ring (bicyclic) bond motifs is 1. The van der Waals surface area contributed by atoms with Crippen LogP contribution in [0.15, 0.2) is 53.4 Å². The third kappa shape index (κ3) is 4.23. The summed E-state index contributed by atoms with van der Waals surface area (Å²) in [5.74, 6) is 0.640. The molecule has 2 aromatic rings. The molecule has 3 atom stereocenters. The van der Waals surface area contributed by atoms with Crippen molar-refractivity contribution in [3.8, 4) is 5.69 Å². The lowest BCUT2D eigenvalue weighted by Gasteiger charge is -2.33. The summed E-state index contributed by atoms with van der Waals surface area (Å²) in [6.45, 7) is 3.72. The fourth-order valence-electron chi connectivity index (χ4n) is 5.69. The zero-order valence-corrected chi connectivity index (χ0v) is 19.6. The Balaban J connectivity index is 1.17. The van der Waals surface area contributed by atoms with E-state index in [4.69, 9.17) is 0 Å². The first kappa shape index (κ1) is 23.0. The van der Waals surface area contributed by atoms with Crippen molar-refractivity contribution in [1.29, 1.82) is 0 Å². The van der Waals surface area contributed by atoms with Gasteiger partial charge in [0.15, 0.2) is 6.29 Å². The van der Waals surface area contributed by atoms with Crippen molar-refractivity contribution in [2.75, 3.05) is 39.3 Å². The summed E-state index contributed by atoms with van der Waals surface area (Å²) in [5.41, 5.74) is 0.398. The predicted octanol–water partition coefficient (Wildman–Crippen LogP) is 2.10. The molecule has 4 aliphatic heterocycles. The first-order valence-corrected chi connectivity index (χ1v) is 12.2. The van der Waals surface area contributed by atoms with Crippen LogP contribution in [0.5, 0.6) is 0 Å². The number of nitrogens with zero attached hydrogens (tertiary/aromatic N) is 7. The molecule has 0 saturated carbocycles. The highest BCUT2D eigenvalue weighted by molar-refractivity contribution is 5.98. The molecular weight excluding hydrogens is 473 g/mol. The van der Waals surface area contributed by atoms with Gasteiger partial charge < -0.3 is 15.1 Å². The highest BCUT2D eigenvalue weighted by Crippen LogP contribution is 2.34. The van der Waals surface area contributed by atoms with E-state index < -0.39 is 18.2 Å². The number of aromatic nitrogens is 3. The van der Waals surface area contributed by atoms with E-state index in [9.17, 15) is 18.0 Å². The van der Waals surface area contributed by atoms with Gasteiger partial charge in [0.05, 0.1) is 23.6 Å². The molecule has 9 nitrogen and oxygen atoms in total. The number of allylic oxidation sites excluding steroid dienone is 1. The fourth-order valence-corrected chi connectivity index (χ4v) is 5.69. The lowest BCUT2D eigenvalue weighted by atomic mass is 10.0. The number of benzene rings is 1. The van der Waals surface area contributed by atoms with Crippen molar-refractivity contribution in [2.45, 2.75) is 25.3 Å². The van der Waals surface area contributed by atoms with Crippen LogP contribution in [0.25, 0.3) is 5.69 Å². The summed E-state index contributed by atoms with van der Waals surface area (Å²) in [6, 6.07) is 7.23. The van der Waals surface area contributed by atoms with Gasteiger partial charge in [-0.3, -0.25) is 9.69 Å². The molecule has 0 spiro atoms. The second kappa shape index (κ2) is 8.91. The van der Waals surface area contributed by atoms with Crippen molar-refractivity contribution in [3.05, 3.63) is 54.0 Å². The van der Waals surface area contributed by atoms with Gasteiger partial charge in [-0.15, -0.1) is 0 Å². The second-order valence-corrected chi connectivity index (χ2v) is 9.78. The van der Waals surface area contributed by atoms with Gasteiger partial charge in [-0.25, -0.2) is 4.99 Å². The monoisotopic (exact) mass is 500 g/mol. The minimum Gasteiger partial charge on any atom is -0.356 e. The maximum atomic E-state index is 13.7. The number of likely N-dealkylation sites (tertiary alicyclic amines) is 3. The van der Waals surface area contributed by atoms with E-state index in [1.807, 2.05) is 32.9 Å². The average molecular weight is 501 g/mol. The number of nitrogens with one attached hydrogen (secondary N) is 1. The predicted molar refractivity (Wildman–Crippen MR) is 125 cm³/mol. The Labute approximate surface area is 206 Å². The maximum Gasteiger partial charge on any atom is 0.431 e. The summed E-state index contributed by atoms with van der Waals surface area (Å²) in [4.78, 5) is 25.2. The number of amides is 1. The quantitative estimate of drug-likeness (QED) is 0.695. The van der Waals surface area contributed by atoms with Gasteiger partial charge in [0.25, 0.3) is 5.91 Å². The summed E-state index contributed by atoms with van der Waals surface area (Å²) >= 11 is 0. The van der Waals surface area contributed by atoms with E-state index in [0.717, 1.165) is 32.0 Å². The largest absolute Gasteiger partial charge is 0.431 e. The highest BCUT2D eigenvalue weighted by Gasteiger charge is 2.45. The van der Waals surface area contributed by atoms with Gasteiger partial charge in [-0.1, -0.05) is 12.1 Å². The van der Waals surface area contributed by atoms with Gasteiger partial charge in [0, 0.05) is 57.2 Å². The van der Waals surface area contributed by atoms with Crippen LogP contribution in [0.1, 0.15) is 23.2 Å². The van der Waals surface area contributed by atoms with Crippen LogP contribution in [0.3, 0.4) is 0 Å². The van der Waals surface area contributed by atoms with Crippen LogP contribution >= 0.6 is 0 Å². The molecule has 12 heteroatoms. The number of aliphatic imine (C=N–C) groups is 1. The third-order valence-corrected chi connectivity index (χ3v) is 7.47. The van der Waals surface area contributed by atoms with Gasteiger partial charge in [-0.05, 0) is 25.0 Å². The van der Waals surface area contributed by atoms with Crippen LogP contribution in [0, 0.1) is 11.8 Å². The van der Waals surface area contributed by atoms with E-state index in [1.165, 1.54) is 4.80 Å². The molecule has 5 heterocycles. The molecule has 3 fully saturated rings. The van der Waals surface area contributed by atoms with E-state index >= 15 is 0 Å². The Bertz CT molecular complexity index is 1170. The van der Waals surface area contributed by atoms with Gasteiger partial charge in [0.2, 0.25) is 0 Å². The van der Waals surface area contributed by atoms with Crippen LogP contribution in [0.4, 0.5) is 13.2 Å². The number of para-hydroxylation sites is 1. The Morgan fingerprint density at radius 1 is 0.972 bits per heavy atom. The normalized spacial score (nSPS) is 26.6. The molecule has 190 valence electrons. The highest BCUT2D eigenvalue weighted by atomic mass is 19.4. The molecule has 3 saturated heterocycles. The molecule has 1 amide bonds. The van der Waals surface area contributed by atoms with Crippen LogP contribution < -0.4 is 5.32 Å². The Morgan fingerprint density at radius 2 is 1.64 bits per heavy atom. The SMILES string of the molecule is O=C(c1ccccc1-n1nccn1)N1CC2CN(C3=NC(N4CCCC4)NC(C(F)(F)F)=C3)CC2C1. The van der Waals surface area contributed by atoms with Crippen LogP contribution in [0.2, 0.25) is 0 Å². The van der Waals surface area contributed by atoms with Crippen molar-refractivity contribution < 1.29 is 18.0 Å². The number of carbonyl (C=O) groups is 1. The fraction of sp³-hybridized carbons (Fsp3) is 0.500. The second-order valence-electron chi connectivity index (χ2n) is 9.78. The molecule has 4 aliphatic rings. The first-order chi connectivity index (χ1) is 17.4. The standard InChI is InChI=1S/C24H27F3N8O/c25-24(26,27)20-11-21(31-23(30-20)32-9-3-4-10-32)33-12-16-14-34(15-17(16)13-33)22(36)18-5-1-2-6-19(18)35-28-7-8-29-35/h1-2,5-8,11,16-17,23,30H,3-4,9-10,12-15H2. The van der Waals surface area contributed by atoms with Gasteiger partial charge >= 0.3 is 6.18 Å². The summed E-state index contributed by atoms with van der Waals surface area (Å²) in [6.07, 6.45) is 1.02. The van der Waals surface area contributed by atoms with E-state index in [1.54, 1.807) is 18.5 Å². The lowest BCUT2D eigenvalue weighted by molar-refractivity contribution is -0.0998. The van der Waals surface area contributed by atoms with Crippen molar-refractivity contribution >= 4 is 11.7 Å². The summed E-state index contributed by atoms with van der Waals surface area (Å²) in [7, 11) is 0. The molecule has 0 aliphatic carbocycles. The van der Waals surface area contributed by atoms with Crippen LogP contribution in [-0.2, 0) is 0 Å². The van der Waals surface area contributed by atoms with Crippen molar-refractivity contribution in [3.63, 3.8) is 0 Å². The van der Waals surface area contributed by atoms with E-state index in [-0.39, 0.29) is 17.7 Å². The lowest BCUT2D eigenvalue weighted by Crippen LogP contribution is -2.49. The number of carbonyl (C=O) groups excluding carboxylic acids is 1. The minimum atomic E-state index is -4.46. The molecule has 6 rings (SSSR count). The average Bonchev–Trinajstić information content (AvgIpc) is 3.66. The molecule has 1 aromatic carbocycles. The zero-order chi connectivity index (χ0) is 24.9. The molecular formula is C24H27F3N8O. The molecule has 0 radical (unpaired) electrons. The number of halogens is 3. The van der Waals surface area contributed by atoms with Gasteiger partial charge in [-0.2, -0.15) is 28.2 Å². The molecule has 36 heavy (non-hydrogen) atoms. The summed E-state index contributed by atoms with van der Waals surface area (Å²) in [5, 5.41) is 10.9. The zero-order valence-electron chi connectivity index (χ0n) is 19.6. The third-order valence-electron chi connectivity index (χ3n) is 7.47. The van der Waals surface area contributed by atoms with Gasteiger partial charge in [0.1, 0.15) is 11.5 Å². The number of amidine groups is 1. The number of hydrogen-bond acceptors (Lipinski definition) is 7. The minimum absolute atomic E-state index is 0.0867. The topological polar surface area (TPSA) is 81.9 Å². The number of hydrogen-bond donors (Lipinski definition) is 1. The first-order valence-electron chi connectivity index (χ1n) is 12.2. The van der Waals surface area contributed by atoms with Crippen molar-refractivity contribution in [2.24, 2.45) is 16.8 Å². The Hall–Kier alpha value is -3.41. The van der Waals surface area contributed by atoms with Crippen molar-refractivity contribution in [1.82, 2.24) is 35.0 Å². The molecule has 1 aromatic heterocycles. The maximum absolute atomic E-state index is 13.7. The molecule has 1 N–H and O–H groups in total.